The van der Waals surface area contributed by atoms with E-state index in [0.29, 0.717) is 27.8 Å². The van der Waals surface area contributed by atoms with Gasteiger partial charge in [0.2, 0.25) is 0 Å². The van der Waals surface area contributed by atoms with Crippen molar-refractivity contribution in [2.24, 2.45) is 0 Å². The molecule has 106 valence electrons. The summed E-state index contributed by atoms with van der Waals surface area (Å²) in [5.74, 6) is -0.0287. The van der Waals surface area contributed by atoms with Crippen LogP contribution in [-0.2, 0) is 4.79 Å². The van der Waals surface area contributed by atoms with E-state index in [-0.39, 0.29) is 18.4 Å². The first kappa shape index (κ1) is 13.4. The Morgan fingerprint density at radius 2 is 2.19 bits per heavy atom. The van der Waals surface area contributed by atoms with Crippen LogP contribution in [0.5, 0.6) is 5.75 Å². The Hall–Kier alpha value is -2.60. The van der Waals surface area contributed by atoms with E-state index in [1.54, 1.807) is 30.3 Å². The lowest BCUT2D eigenvalue weighted by Gasteiger charge is -2.18. The van der Waals surface area contributed by atoms with E-state index in [1.165, 1.54) is 6.20 Å². The van der Waals surface area contributed by atoms with Gasteiger partial charge < -0.3 is 15.4 Å². The van der Waals surface area contributed by atoms with Gasteiger partial charge in [0.1, 0.15) is 10.9 Å². The molecule has 21 heavy (non-hydrogen) atoms. The highest BCUT2D eigenvalue weighted by molar-refractivity contribution is 6.29. The van der Waals surface area contributed by atoms with Gasteiger partial charge in [-0.2, -0.15) is 0 Å². The summed E-state index contributed by atoms with van der Waals surface area (Å²) in [4.78, 5) is 27.3. The van der Waals surface area contributed by atoms with Crippen molar-refractivity contribution in [3.8, 4) is 5.75 Å². The predicted molar refractivity (Wildman–Crippen MR) is 77.8 cm³/mol. The summed E-state index contributed by atoms with van der Waals surface area (Å²) >= 11 is 5.76. The molecule has 1 aromatic heterocycles. The average molecular weight is 304 g/mol. The molecular weight excluding hydrogens is 294 g/mol. The van der Waals surface area contributed by atoms with Crippen LogP contribution in [0.2, 0.25) is 5.15 Å². The van der Waals surface area contributed by atoms with Gasteiger partial charge in [0.05, 0.1) is 5.69 Å². The Labute approximate surface area is 125 Å². The number of fused-ring (bicyclic) bond motifs is 1. The summed E-state index contributed by atoms with van der Waals surface area (Å²) in [6.07, 6.45) is 1.50. The predicted octanol–water partition coefficient (Wildman–Crippen LogP) is 2.32. The summed E-state index contributed by atoms with van der Waals surface area (Å²) in [6, 6.07) is 8.00. The van der Waals surface area contributed by atoms with Gasteiger partial charge in [-0.15, -0.1) is 0 Å². The number of nitrogens with zero attached hydrogens (tertiary/aromatic N) is 1. The number of amides is 2. The van der Waals surface area contributed by atoms with E-state index in [1.807, 2.05) is 0 Å². The summed E-state index contributed by atoms with van der Waals surface area (Å²) in [7, 11) is 0. The standard InChI is InChI=1S/C14H10ClN3O3/c15-12-6-9(3-4-16-12)17-14(20)8-1-2-11-10(5-8)18-13(19)7-21-11/h1-6H,7H2,(H,18,19)(H,16,17,20). The van der Waals surface area contributed by atoms with Crippen LogP contribution in [0.3, 0.4) is 0 Å². The summed E-state index contributed by atoms with van der Waals surface area (Å²) in [5, 5.41) is 5.64. The monoisotopic (exact) mass is 303 g/mol. The maximum atomic E-state index is 12.2. The lowest BCUT2D eigenvalue weighted by Crippen LogP contribution is -2.25. The van der Waals surface area contributed by atoms with E-state index in [4.69, 9.17) is 16.3 Å². The third-order valence-corrected chi connectivity index (χ3v) is 3.07. The number of hydrogen-bond donors (Lipinski definition) is 2. The third-order valence-electron chi connectivity index (χ3n) is 2.86. The van der Waals surface area contributed by atoms with Crippen molar-refractivity contribution in [3.63, 3.8) is 0 Å². The van der Waals surface area contributed by atoms with Crippen molar-refractivity contribution in [2.75, 3.05) is 17.2 Å². The first-order chi connectivity index (χ1) is 10.1. The Morgan fingerprint density at radius 1 is 1.33 bits per heavy atom. The number of anilines is 2. The number of benzene rings is 1. The van der Waals surface area contributed by atoms with E-state index in [2.05, 4.69) is 15.6 Å². The molecule has 1 aliphatic heterocycles. The van der Waals surface area contributed by atoms with Gasteiger partial charge in [-0.3, -0.25) is 9.59 Å². The van der Waals surface area contributed by atoms with Gasteiger partial charge in [-0.05, 0) is 30.3 Å². The van der Waals surface area contributed by atoms with Gasteiger partial charge in [0, 0.05) is 17.4 Å². The molecule has 7 heteroatoms. The molecular formula is C14H10ClN3O3. The molecule has 0 saturated heterocycles. The van der Waals surface area contributed by atoms with Gasteiger partial charge >= 0.3 is 0 Å². The second-order valence-electron chi connectivity index (χ2n) is 4.37. The van der Waals surface area contributed by atoms with Crippen LogP contribution in [0.1, 0.15) is 10.4 Å². The summed E-state index contributed by atoms with van der Waals surface area (Å²) < 4.78 is 5.23. The number of aromatic nitrogens is 1. The molecule has 2 heterocycles. The number of pyridine rings is 1. The SMILES string of the molecule is O=C1COc2ccc(C(=O)Nc3ccnc(Cl)c3)cc2N1. The fraction of sp³-hybridized carbons (Fsp3) is 0.0714. The van der Waals surface area contributed by atoms with Crippen LogP contribution in [0.15, 0.2) is 36.5 Å². The fourth-order valence-electron chi connectivity index (χ4n) is 1.91. The number of ether oxygens (including phenoxy) is 1. The number of carbonyl (C=O) groups is 2. The minimum absolute atomic E-state index is 0.0198. The van der Waals surface area contributed by atoms with Crippen LogP contribution in [0, 0.1) is 0 Å². The van der Waals surface area contributed by atoms with Crippen molar-refractivity contribution in [1.82, 2.24) is 4.98 Å². The molecule has 2 amide bonds. The zero-order valence-corrected chi connectivity index (χ0v) is 11.5. The van der Waals surface area contributed by atoms with E-state index in [9.17, 15) is 9.59 Å². The first-order valence-corrected chi connectivity index (χ1v) is 6.49. The zero-order chi connectivity index (χ0) is 14.8. The highest BCUT2D eigenvalue weighted by atomic mass is 35.5. The lowest BCUT2D eigenvalue weighted by molar-refractivity contribution is -0.118. The minimum Gasteiger partial charge on any atom is -0.482 e. The second kappa shape index (κ2) is 5.41. The topological polar surface area (TPSA) is 80.3 Å². The van der Waals surface area contributed by atoms with Crippen LogP contribution in [-0.4, -0.2) is 23.4 Å². The number of halogens is 1. The van der Waals surface area contributed by atoms with Crippen LogP contribution in [0.25, 0.3) is 0 Å². The van der Waals surface area contributed by atoms with E-state index in [0.717, 1.165) is 0 Å². The van der Waals surface area contributed by atoms with Crippen molar-refractivity contribution in [2.45, 2.75) is 0 Å². The van der Waals surface area contributed by atoms with E-state index >= 15 is 0 Å². The van der Waals surface area contributed by atoms with Gasteiger partial charge in [0.25, 0.3) is 11.8 Å². The number of rotatable bonds is 2. The van der Waals surface area contributed by atoms with Crippen molar-refractivity contribution < 1.29 is 14.3 Å². The molecule has 0 spiro atoms. The van der Waals surface area contributed by atoms with Gasteiger partial charge in [0.15, 0.2) is 6.61 Å². The molecule has 3 rings (SSSR count). The molecule has 0 aliphatic carbocycles. The van der Waals surface area contributed by atoms with Gasteiger partial charge in [-0.1, -0.05) is 11.6 Å². The molecule has 2 aromatic rings. The van der Waals surface area contributed by atoms with Crippen LogP contribution in [0.4, 0.5) is 11.4 Å². The number of hydrogen-bond acceptors (Lipinski definition) is 4. The first-order valence-electron chi connectivity index (χ1n) is 6.11. The van der Waals surface area contributed by atoms with E-state index < -0.39 is 0 Å². The number of nitrogens with one attached hydrogen (secondary N) is 2. The Morgan fingerprint density at radius 3 is 3.00 bits per heavy atom. The highest BCUT2D eigenvalue weighted by Crippen LogP contribution is 2.28. The molecule has 2 N–H and O–H groups in total. The quantitative estimate of drug-likeness (QED) is 0.834. The molecule has 0 atom stereocenters. The average Bonchev–Trinajstić information content (AvgIpc) is 2.46. The Bertz CT molecular complexity index is 733. The van der Waals surface area contributed by atoms with Crippen molar-refractivity contribution in [3.05, 3.63) is 47.2 Å². The van der Waals surface area contributed by atoms with Gasteiger partial charge in [-0.25, -0.2) is 4.98 Å². The molecule has 1 aromatic carbocycles. The van der Waals surface area contributed by atoms with Crippen molar-refractivity contribution >= 4 is 34.8 Å². The molecule has 1 aliphatic rings. The molecule has 0 fully saturated rings. The lowest BCUT2D eigenvalue weighted by atomic mass is 10.1. The summed E-state index contributed by atoms with van der Waals surface area (Å²) in [5.41, 5.74) is 1.41. The largest absolute Gasteiger partial charge is 0.482 e. The zero-order valence-electron chi connectivity index (χ0n) is 10.7. The number of carbonyl (C=O) groups excluding carboxylic acids is 2. The fourth-order valence-corrected chi connectivity index (χ4v) is 2.08. The molecule has 6 nitrogen and oxygen atoms in total. The smallest absolute Gasteiger partial charge is 0.262 e. The Balaban J connectivity index is 1.82. The molecule has 0 saturated carbocycles. The molecule has 0 unspecified atom stereocenters. The second-order valence-corrected chi connectivity index (χ2v) is 4.76. The normalized spacial score (nSPS) is 12.9. The maximum Gasteiger partial charge on any atom is 0.262 e. The molecule has 0 bridgehead atoms. The maximum absolute atomic E-state index is 12.2. The summed E-state index contributed by atoms with van der Waals surface area (Å²) in [6.45, 7) is -0.0198. The Kier molecular flexibility index (Phi) is 3.45. The van der Waals surface area contributed by atoms with Crippen LogP contribution >= 0.6 is 11.6 Å². The third kappa shape index (κ3) is 2.95. The van der Waals surface area contributed by atoms with Crippen LogP contribution < -0.4 is 15.4 Å². The minimum atomic E-state index is -0.320. The molecule has 0 radical (unpaired) electrons. The highest BCUT2D eigenvalue weighted by Gasteiger charge is 2.17. The van der Waals surface area contributed by atoms with Crippen molar-refractivity contribution in [1.29, 1.82) is 0 Å².